The molecule has 0 aliphatic heterocycles. The van der Waals surface area contributed by atoms with Gasteiger partial charge in [0, 0.05) is 32.3 Å². The van der Waals surface area contributed by atoms with Gasteiger partial charge in [-0.25, -0.2) is 0 Å². The summed E-state index contributed by atoms with van der Waals surface area (Å²) in [6.07, 6.45) is 0.559. The Hall–Kier alpha value is -2.44. The van der Waals surface area contributed by atoms with Crippen LogP contribution in [0.1, 0.15) is 17.3 Å². The number of benzene rings is 1. The smallest absolute Gasteiger partial charge is 0.293 e. The topological polar surface area (TPSA) is 92.6 Å². The van der Waals surface area contributed by atoms with Crippen molar-refractivity contribution in [2.24, 2.45) is 5.92 Å². The van der Waals surface area contributed by atoms with E-state index in [1.165, 1.54) is 18.2 Å². The van der Waals surface area contributed by atoms with Crippen molar-refractivity contribution in [1.82, 2.24) is 5.32 Å². The molecule has 1 N–H and O–H groups in total. The first-order chi connectivity index (χ1) is 9.40. The van der Waals surface area contributed by atoms with E-state index in [9.17, 15) is 19.7 Å². The van der Waals surface area contributed by atoms with Gasteiger partial charge in [-0.2, -0.15) is 0 Å². The third kappa shape index (κ3) is 3.53. The average Bonchev–Trinajstić information content (AvgIpc) is 2.45. The van der Waals surface area contributed by atoms with Crippen LogP contribution in [-0.2, 0) is 4.79 Å². The molecule has 20 heavy (non-hydrogen) atoms. The molecule has 1 amide bonds. The van der Waals surface area contributed by atoms with Gasteiger partial charge in [-0.05, 0) is 12.1 Å². The van der Waals surface area contributed by atoms with Gasteiger partial charge in [-0.15, -0.1) is 0 Å². The molecule has 0 heterocycles. The van der Waals surface area contributed by atoms with E-state index in [0.717, 1.165) is 0 Å². The van der Waals surface area contributed by atoms with Crippen molar-refractivity contribution >= 4 is 23.6 Å². The maximum absolute atomic E-state index is 11.5. The lowest BCUT2D eigenvalue weighted by Crippen LogP contribution is -2.34. The van der Waals surface area contributed by atoms with Crippen molar-refractivity contribution in [2.45, 2.75) is 6.92 Å². The van der Waals surface area contributed by atoms with Gasteiger partial charge in [0.2, 0.25) is 5.91 Å². The van der Waals surface area contributed by atoms with E-state index >= 15 is 0 Å². The van der Waals surface area contributed by atoms with Gasteiger partial charge in [0.1, 0.15) is 12.0 Å². The second kappa shape index (κ2) is 6.65. The number of nitrogens with one attached hydrogen (secondary N) is 1. The summed E-state index contributed by atoms with van der Waals surface area (Å²) < 4.78 is 0. The predicted octanol–water partition coefficient (Wildman–Crippen LogP) is 1.23. The van der Waals surface area contributed by atoms with Crippen LogP contribution < -0.4 is 10.2 Å². The molecule has 0 aromatic heterocycles. The summed E-state index contributed by atoms with van der Waals surface area (Å²) in [4.78, 5) is 34.3. The van der Waals surface area contributed by atoms with Crippen LogP contribution in [0.2, 0.25) is 0 Å². The summed E-state index contributed by atoms with van der Waals surface area (Å²) in [6.45, 7) is 2.07. The molecule has 1 atom stereocenters. The number of aldehydes is 1. The molecular weight excluding hydrogens is 262 g/mol. The molecule has 0 aliphatic rings. The molecule has 108 valence electrons. The highest BCUT2D eigenvalue weighted by molar-refractivity contribution is 5.81. The van der Waals surface area contributed by atoms with Crippen LogP contribution in [0, 0.1) is 16.0 Å². The Balaban J connectivity index is 3.03. The van der Waals surface area contributed by atoms with E-state index in [1.54, 1.807) is 25.9 Å². The van der Waals surface area contributed by atoms with E-state index < -0.39 is 4.92 Å². The van der Waals surface area contributed by atoms with Crippen molar-refractivity contribution in [3.05, 3.63) is 33.9 Å². The number of carbonyl (C=O) groups is 2. The van der Waals surface area contributed by atoms with Gasteiger partial charge >= 0.3 is 0 Å². The molecule has 0 aliphatic carbocycles. The molecule has 1 rings (SSSR count). The molecule has 0 spiro atoms. The number of nitrogens with zero attached hydrogens (tertiary/aromatic N) is 2. The van der Waals surface area contributed by atoms with Crippen LogP contribution in [0.15, 0.2) is 18.2 Å². The third-order valence-corrected chi connectivity index (χ3v) is 2.99. The van der Waals surface area contributed by atoms with Crippen LogP contribution in [0.3, 0.4) is 0 Å². The Morgan fingerprint density at radius 3 is 2.70 bits per heavy atom. The van der Waals surface area contributed by atoms with Gasteiger partial charge in [0.05, 0.1) is 10.8 Å². The Morgan fingerprint density at radius 2 is 2.20 bits per heavy atom. The van der Waals surface area contributed by atoms with E-state index in [1.807, 2.05) is 0 Å². The number of hydrogen-bond acceptors (Lipinski definition) is 5. The monoisotopic (exact) mass is 279 g/mol. The molecule has 0 fully saturated rings. The second-order valence-electron chi connectivity index (χ2n) is 4.52. The summed E-state index contributed by atoms with van der Waals surface area (Å²) in [5, 5.41) is 13.6. The number of anilines is 1. The quantitative estimate of drug-likeness (QED) is 0.480. The highest BCUT2D eigenvalue weighted by Crippen LogP contribution is 2.28. The molecule has 7 nitrogen and oxygen atoms in total. The fourth-order valence-electron chi connectivity index (χ4n) is 1.92. The van der Waals surface area contributed by atoms with E-state index in [0.29, 0.717) is 18.5 Å². The fourth-order valence-corrected chi connectivity index (χ4v) is 1.92. The molecule has 1 unspecified atom stereocenters. The van der Waals surface area contributed by atoms with Crippen LogP contribution in [0.4, 0.5) is 11.4 Å². The van der Waals surface area contributed by atoms with Gasteiger partial charge < -0.3 is 10.2 Å². The largest absolute Gasteiger partial charge is 0.368 e. The summed E-state index contributed by atoms with van der Waals surface area (Å²) in [7, 11) is 3.21. The molecule has 0 saturated heterocycles. The Bertz CT molecular complexity index is 530. The molecule has 0 radical (unpaired) electrons. The highest BCUT2D eigenvalue weighted by Gasteiger charge is 2.21. The second-order valence-corrected chi connectivity index (χ2v) is 4.52. The summed E-state index contributed by atoms with van der Waals surface area (Å²) in [5.41, 5.74) is 0.464. The van der Waals surface area contributed by atoms with Crippen molar-refractivity contribution in [3.63, 3.8) is 0 Å². The zero-order valence-electron chi connectivity index (χ0n) is 11.6. The molecule has 1 aromatic rings. The zero-order valence-corrected chi connectivity index (χ0v) is 11.6. The normalized spacial score (nSPS) is 11.6. The Labute approximate surface area is 116 Å². The number of nitro groups is 1. The lowest BCUT2D eigenvalue weighted by Gasteiger charge is -2.22. The van der Waals surface area contributed by atoms with Crippen molar-refractivity contribution in [2.75, 3.05) is 25.5 Å². The Morgan fingerprint density at radius 1 is 1.55 bits per heavy atom. The van der Waals surface area contributed by atoms with Gasteiger partial charge in [0.15, 0.2) is 0 Å². The van der Waals surface area contributed by atoms with Gasteiger partial charge in [-0.3, -0.25) is 19.7 Å². The van der Waals surface area contributed by atoms with E-state index in [-0.39, 0.29) is 23.1 Å². The lowest BCUT2D eigenvalue weighted by atomic mass is 10.1. The number of rotatable bonds is 6. The number of hydrogen-bond donors (Lipinski definition) is 1. The Kier molecular flexibility index (Phi) is 5.19. The van der Waals surface area contributed by atoms with Gasteiger partial charge in [-0.1, -0.05) is 6.92 Å². The molecule has 1 aromatic carbocycles. The van der Waals surface area contributed by atoms with Crippen LogP contribution >= 0.6 is 0 Å². The minimum absolute atomic E-state index is 0.135. The maximum Gasteiger partial charge on any atom is 0.293 e. The predicted molar refractivity (Wildman–Crippen MR) is 75.0 cm³/mol. The van der Waals surface area contributed by atoms with Gasteiger partial charge in [0.25, 0.3) is 5.69 Å². The standard InChI is InChI=1S/C13H17N3O4/c1-9(13(18)14-2)7-15(3)11-5-4-10(8-17)6-12(11)16(19)20/h4-6,8-9H,7H2,1-3H3,(H,14,18). The molecule has 0 bridgehead atoms. The minimum atomic E-state index is -0.538. The van der Waals surface area contributed by atoms with E-state index in [2.05, 4.69) is 5.32 Å². The molecular formula is C13H17N3O4. The number of carbonyl (C=O) groups excluding carboxylic acids is 2. The SMILES string of the molecule is CNC(=O)C(C)CN(C)c1ccc(C=O)cc1[N+](=O)[O-]. The van der Waals surface area contributed by atoms with Crippen LogP contribution in [0.5, 0.6) is 0 Å². The first-order valence-corrected chi connectivity index (χ1v) is 6.07. The first-order valence-electron chi connectivity index (χ1n) is 6.07. The summed E-state index contributed by atoms with van der Waals surface area (Å²) in [6, 6.07) is 4.25. The lowest BCUT2D eigenvalue weighted by molar-refractivity contribution is -0.384. The average molecular weight is 279 g/mol. The van der Waals surface area contributed by atoms with Crippen LogP contribution in [0.25, 0.3) is 0 Å². The molecule has 0 saturated carbocycles. The minimum Gasteiger partial charge on any atom is -0.368 e. The number of nitro benzene ring substituents is 1. The fraction of sp³-hybridized carbons (Fsp3) is 0.385. The summed E-state index contributed by atoms with van der Waals surface area (Å²) >= 11 is 0. The first kappa shape index (κ1) is 15.6. The van der Waals surface area contributed by atoms with Crippen molar-refractivity contribution in [1.29, 1.82) is 0 Å². The highest BCUT2D eigenvalue weighted by atomic mass is 16.6. The third-order valence-electron chi connectivity index (χ3n) is 2.99. The summed E-state index contributed by atoms with van der Waals surface area (Å²) in [5.74, 6) is -0.445. The van der Waals surface area contributed by atoms with Crippen molar-refractivity contribution in [3.8, 4) is 0 Å². The number of amides is 1. The van der Waals surface area contributed by atoms with E-state index in [4.69, 9.17) is 0 Å². The zero-order chi connectivity index (χ0) is 15.3. The molecule has 7 heteroatoms. The van der Waals surface area contributed by atoms with Crippen molar-refractivity contribution < 1.29 is 14.5 Å². The maximum atomic E-state index is 11.5. The van der Waals surface area contributed by atoms with Crippen LogP contribution in [-0.4, -0.2) is 37.8 Å².